The molecular weight excluding hydrogens is 251 g/mol. The number of nitrogens with two attached hydrogens (primary N) is 1. The fourth-order valence-electron chi connectivity index (χ4n) is 1.61. The minimum Gasteiger partial charge on any atom is -0.385 e. The predicted octanol–water partition coefficient (Wildman–Crippen LogP) is 0.893. The zero-order chi connectivity index (χ0) is 14.1. The Morgan fingerprint density at radius 1 is 1.33 bits per heavy atom. The average Bonchev–Trinajstić information content (AvgIpc) is 2.25. The van der Waals surface area contributed by atoms with Crippen molar-refractivity contribution in [2.75, 3.05) is 0 Å². The van der Waals surface area contributed by atoms with E-state index >= 15 is 0 Å². The first kappa shape index (κ1) is 14.5. The van der Waals surface area contributed by atoms with Gasteiger partial charge in [-0.25, -0.2) is 0 Å². The molecule has 0 aliphatic heterocycles. The monoisotopic (exact) mass is 263 g/mol. The summed E-state index contributed by atoms with van der Waals surface area (Å²) in [6.45, 7) is 1.15. The molecule has 0 radical (unpaired) electrons. The molecule has 0 bridgehead atoms. The second-order valence-electron chi connectivity index (χ2n) is 3.81. The Morgan fingerprint density at radius 3 is 2.33 bits per heavy atom. The number of hydrogen-bond acceptors (Lipinski definition) is 3. The van der Waals surface area contributed by atoms with Crippen LogP contribution in [0, 0.1) is 6.92 Å². The standard InChI is InChI=1S/C11H12F3NO3/c1-5-6(8(16)9(17)10(15)18)3-2-4-7(5)11(12,13)14/h2-4,8-9,16-17H,1H3,(H2,15,18). The number of aliphatic hydroxyl groups excluding tert-OH is 2. The van der Waals surface area contributed by atoms with Crippen LogP contribution in [0.3, 0.4) is 0 Å². The fourth-order valence-corrected chi connectivity index (χ4v) is 1.61. The number of benzene rings is 1. The molecule has 7 heteroatoms. The van der Waals surface area contributed by atoms with Gasteiger partial charge >= 0.3 is 6.18 Å². The van der Waals surface area contributed by atoms with Gasteiger partial charge in [0.05, 0.1) is 5.56 Å². The maximum Gasteiger partial charge on any atom is 0.416 e. The van der Waals surface area contributed by atoms with E-state index in [1.54, 1.807) is 0 Å². The number of carbonyl (C=O) groups excluding carboxylic acids is 1. The molecule has 0 heterocycles. The van der Waals surface area contributed by atoms with Crippen LogP contribution in [-0.4, -0.2) is 22.2 Å². The minimum absolute atomic E-state index is 0.184. The molecule has 0 saturated carbocycles. The second-order valence-corrected chi connectivity index (χ2v) is 3.81. The lowest BCUT2D eigenvalue weighted by Crippen LogP contribution is -2.34. The van der Waals surface area contributed by atoms with Gasteiger partial charge < -0.3 is 15.9 Å². The van der Waals surface area contributed by atoms with Crippen LogP contribution >= 0.6 is 0 Å². The summed E-state index contributed by atoms with van der Waals surface area (Å²) in [4.78, 5) is 10.7. The van der Waals surface area contributed by atoms with Crippen molar-refractivity contribution < 1.29 is 28.2 Å². The van der Waals surface area contributed by atoms with Crippen molar-refractivity contribution in [1.82, 2.24) is 0 Å². The largest absolute Gasteiger partial charge is 0.416 e. The van der Waals surface area contributed by atoms with Crippen LogP contribution in [0.5, 0.6) is 0 Å². The van der Waals surface area contributed by atoms with Gasteiger partial charge in [-0.05, 0) is 24.1 Å². The Hall–Kier alpha value is -1.60. The molecule has 1 rings (SSSR count). The first-order valence-corrected chi connectivity index (χ1v) is 4.98. The fraction of sp³-hybridized carbons (Fsp3) is 0.364. The molecular formula is C11H12F3NO3. The summed E-state index contributed by atoms with van der Waals surface area (Å²) in [5, 5.41) is 18.9. The lowest BCUT2D eigenvalue weighted by molar-refractivity contribution is -0.138. The minimum atomic E-state index is -4.57. The van der Waals surface area contributed by atoms with Crippen LogP contribution in [0.25, 0.3) is 0 Å². The number of carbonyl (C=O) groups is 1. The number of hydrogen-bond donors (Lipinski definition) is 3. The van der Waals surface area contributed by atoms with E-state index in [0.717, 1.165) is 19.1 Å². The third-order valence-electron chi connectivity index (χ3n) is 2.59. The Kier molecular flexibility index (Phi) is 3.98. The van der Waals surface area contributed by atoms with Crippen molar-refractivity contribution in [3.05, 3.63) is 34.9 Å². The van der Waals surface area contributed by atoms with Crippen molar-refractivity contribution in [3.8, 4) is 0 Å². The highest BCUT2D eigenvalue weighted by Crippen LogP contribution is 2.34. The van der Waals surface area contributed by atoms with Crippen LogP contribution in [0.1, 0.15) is 22.8 Å². The molecule has 100 valence electrons. The van der Waals surface area contributed by atoms with E-state index in [1.807, 2.05) is 0 Å². The van der Waals surface area contributed by atoms with Gasteiger partial charge in [-0.1, -0.05) is 12.1 Å². The number of aliphatic hydroxyl groups is 2. The second kappa shape index (κ2) is 4.95. The maximum atomic E-state index is 12.6. The Morgan fingerprint density at radius 2 is 1.89 bits per heavy atom. The van der Waals surface area contributed by atoms with Crippen molar-refractivity contribution in [2.24, 2.45) is 5.73 Å². The molecule has 2 unspecified atom stereocenters. The van der Waals surface area contributed by atoms with Crippen LogP contribution < -0.4 is 5.73 Å². The summed E-state index contributed by atoms with van der Waals surface area (Å²) in [5.41, 5.74) is 3.41. The first-order valence-electron chi connectivity index (χ1n) is 4.98. The van der Waals surface area contributed by atoms with E-state index in [1.165, 1.54) is 6.07 Å². The topological polar surface area (TPSA) is 83.6 Å². The van der Waals surface area contributed by atoms with E-state index in [4.69, 9.17) is 5.73 Å². The zero-order valence-electron chi connectivity index (χ0n) is 9.40. The molecule has 0 spiro atoms. The summed E-state index contributed by atoms with van der Waals surface area (Å²) in [6, 6.07) is 3.13. The summed E-state index contributed by atoms with van der Waals surface area (Å²) in [7, 11) is 0. The molecule has 0 aliphatic rings. The van der Waals surface area contributed by atoms with Crippen LogP contribution in [0.2, 0.25) is 0 Å². The number of alkyl halides is 3. The maximum absolute atomic E-state index is 12.6. The normalized spacial score (nSPS) is 15.2. The van der Waals surface area contributed by atoms with E-state index in [0.29, 0.717) is 0 Å². The molecule has 4 nitrogen and oxygen atoms in total. The van der Waals surface area contributed by atoms with Crippen molar-refractivity contribution in [3.63, 3.8) is 0 Å². The lowest BCUT2D eigenvalue weighted by Gasteiger charge is -2.20. The van der Waals surface area contributed by atoms with Gasteiger partial charge in [-0.15, -0.1) is 0 Å². The van der Waals surface area contributed by atoms with Crippen LogP contribution in [-0.2, 0) is 11.0 Å². The molecule has 1 aromatic carbocycles. The molecule has 18 heavy (non-hydrogen) atoms. The number of rotatable bonds is 3. The summed E-state index contributed by atoms with van der Waals surface area (Å²) in [5.74, 6) is -1.21. The summed E-state index contributed by atoms with van der Waals surface area (Å²) >= 11 is 0. The van der Waals surface area contributed by atoms with Gasteiger partial charge in [0.2, 0.25) is 5.91 Å². The number of halogens is 3. The Bertz CT molecular complexity index is 459. The van der Waals surface area contributed by atoms with Gasteiger partial charge in [0.15, 0.2) is 6.10 Å². The van der Waals surface area contributed by atoms with Gasteiger partial charge in [0, 0.05) is 0 Å². The first-order chi connectivity index (χ1) is 8.16. The predicted molar refractivity (Wildman–Crippen MR) is 56.3 cm³/mol. The average molecular weight is 263 g/mol. The third kappa shape index (κ3) is 2.80. The third-order valence-corrected chi connectivity index (χ3v) is 2.59. The highest BCUT2D eigenvalue weighted by molar-refractivity contribution is 5.79. The summed E-state index contributed by atoms with van der Waals surface area (Å²) < 4.78 is 37.8. The van der Waals surface area contributed by atoms with Crippen molar-refractivity contribution in [1.29, 1.82) is 0 Å². The molecule has 0 saturated heterocycles. The van der Waals surface area contributed by atoms with Crippen molar-refractivity contribution >= 4 is 5.91 Å². The highest BCUT2D eigenvalue weighted by Gasteiger charge is 2.34. The number of primary amides is 1. The molecule has 1 amide bonds. The Labute approximate surface area is 101 Å². The molecule has 0 aliphatic carbocycles. The molecule has 1 aromatic rings. The smallest absolute Gasteiger partial charge is 0.385 e. The highest BCUT2D eigenvalue weighted by atomic mass is 19.4. The molecule has 0 aromatic heterocycles. The van der Waals surface area contributed by atoms with Gasteiger partial charge in [-0.3, -0.25) is 4.79 Å². The quantitative estimate of drug-likeness (QED) is 0.757. The zero-order valence-corrected chi connectivity index (χ0v) is 9.40. The van der Waals surface area contributed by atoms with E-state index in [9.17, 15) is 28.2 Å². The molecule has 0 fully saturated rings. The molecule has 2 atom stereocenters. The molecule has 4 N–H and O–H groups in total. The van der Waals surface area contributed by atoms with Gasteiger partial charge in [-0.2, -0.15) is 13.2 Å². The van der Waals surface area contributed by atoms with Crippen LogP contribution in [0.4, 0.5) is 13.2 Å². The van der Waals surface area contributed by atoms with Gasteiger partial charge in [0.25, 0.3) is 0 Å². The lowest BCUT2D eigenvalue weighted by atomic mass is 9.95. The van der Waals surface area contributed by atoms with E-state index < -0.39 is 29.9 Å². The summed E-state index contributed by atoms with van der Waals surface area (Å²) in [6.07, 6.45) is -8.31. The SMILES string of the molecule is Cc1c(C(O)C(O)C(N)=O)cccc1C(F)(F)F. The van der Waals surface area contributed by atoms with Crippen LogP contribution in [0.15, 0.2) is 18.2 Å². The van der Waals surface area contributed by atoms with E-state index in [-0.39, 0.29) is 11.1 Å². The Balaban J connectivity index is 3.23. The van der Waals surface area contributed by atoms with E-state index in [2.05, 4.69) is 0 Å². The van der Waals surface area contributed by atoms with Crippen molar-refractivity contribution in [2.45, 2.75) is 25.3 Å². The number of amides is 1. The van der Waals surface area contributed by atoms with Gasteiger partial charge in [0.1, 0.15) is 6.10 Å².